The monoisotopic (exact) mass is 377 g/mol. The molecule has 11 heteroatoms. The Labute approximate surface area is 152 Å². The second kappa shape index (κ2) is 7.04. The summed E-state index contributed by atoms with van der Waals surface area (Å²) in [5, 5.41) is 14.9. The van der Waals surface area contributed by atoms with Gasteiger partial charge in [-0.05, 0) is 18.2 Å². The molecule has 0 aliphatic carbocycles. The van der Waals surface area contributed by atoms with Crippen LogP contribution in [0, 0.1) is 0 Å². The normalized spacial score (nSPS) is 22.0. The first-order chi connectivity index (χ1) is 12.4. The van der Waals surface area contributed by atoms with Gasteiger partial charge in [0, 0.05) is 5.75 Å². The molecular formula is C15H15N5O5S. The number of hydrogen-bond donors (Lipinski definition) is 3. The van der Waals surface area contributed by atoms with Gasteiger partial charge in [-0.2, -0.15) is 0 Å². The maximum absolute atomic E-state index is 12.6. The van der Waals surface area contributed by atoms with Gasteiger partial charge in [0.2, 0.25) is 0 Å². The number of carbonyl (C=O) groups excluding carboxylic acids is 2. The van der Waals surface area contributed by atoms with Crippen molar-refractivity contribution in [1.29, 1.82) is 0 Å². The highest BCUT2D eigenvalue weighted by Gasteiger charge is 2.53. The Morgan fingerprint density at radius 3 is 2.92 bits per heavy atom. The number of fused-ring (bicyclic) bond motifs is 1. The molecule has 0 saturated carbocycles. The van der Waals surface area contributed by atoms with E-state index >= 15 is 0 Å². The largest absolute Gasteiger partial charge is 0.477 e. The highest BCUT2D eigenvalue weighted by Crippen LogP contribution is 2.37. The number of oxime groups is 1. The Kier molecular flexibility index (Phi) is 4.80. The molecular weight excluding hydrogens is 362 g/mol. The number of thioether (sulfide) groups is 1. The first-order valence-electron chi connectivity index (χ1n) is 7.47. The summed E-state index contributed by atoms with van der Waals surface area (Å²) in [5.41, 5.74) is 5.60. The Morgan fingerprint density at radius 2 is 2.27 bits per heavy atom. The van der Waals surface area contributed by atoms with Gasteiger partial charge < -0.3 is 21.0 Å². The molecule has 1 aromatic heterocycles. The van der Waals surface area contributed by atoms with Crippen LogP contribution in [-0.4, -0.2) is 62.8 Å². The fraction of sp³-hybridized carbons (Fsp3) is 0.267. The summed E-state index contributed by atoms with van der Waals surface area (Å²) in [7, 11) is 1.27. The quantitative estimate of drug-likeness (QED) is 0.349. The average Bonchev–Trinajstić information content (AvgIpc) is 2.62. The molecule has 1 fully saturated rings. The third-order valence-electron chi connectivity index (χ3n) is 3.76. The molecule has 10 nitrogen and oxygen atoms in total. The number of β-lactam (4-membered cyclic amide) rings is 1. The van der Waals surface area contributed by atoms with Gasteiger partial charge in [0.05, 0.1) is 0 Å². The second-order valence-electron chi connectivity index (χ2n) is 5.35. The molecule has 136 valence electrons. The van der Waals surface area contributed by atoms with E-state index in [1.54, 1.807) is 12.1 Å². The summed E-state index contributed by atoms with van der Waals surface area (Å²) in [5.74, 6) is -1.72. The summed E-state index contributed by atoms with van der Waals surface area (Å²) in [4.78, 5) is 46.0. The fourth-order valence-electron chi connectivity index (χ4n) is 2.63. The fourth-order valence-corrected chi connectivity index (χ4v) is 3.82. The lowest BCUT2D eigenvalue weighted by atomic mass is 10.0. The number of pyridine rings is 1. The molecule has 2 aliphatic heterocycles. The van der Waals surface area contributed by atoms with Crippen LogP contribution < -0.4 is 11.1 Å². The van der Waals surface area contributed by atoms with Crippen molar-refractivity contribution in [2.24, 2.45) is 5.16 Å². The first kappa shape index (κ1) is 17.7. The third kappa shape index (κ3) is 3.08. The minimum absolute atomic E-state index is 0.0764. The smallest absolute Gasteiger partial charge is 0.352 e. The summed E-state index contributed by atoms with van der Waals surface area (Å²) < 4.78 is 0. The third-order valence-corrected chi connectivity index (χ3v) is 4.95. The number of nitrogens with one attached hydrogen (secondary N) is 1. The number of carboxylic acid groups (broad SMARTS) is 1. The van der Waals surface area contributed by atoms with E-state index in [9.17, 15) is 14.4 Å². The van der Waals surface area contributed by atoms with Crippen molar-refractivity contribution in [3.8, 4) is 0 Å². The van der Waals surface area contributed by atoms with Crippen molar-refractivity contribution in [2.75, 3.05) is 18.6 Å². The Bertz CT molecular complexity index is 839. The number of hydrogen-bond acceptors (Lipinski definition) is 8. The molecule has 0 spiro atoms. The number of nitrogen functional groups attached to an aromatic ring is 1. The molecule has 3 rings (SSSR count). The summed E-state index contributed by atoms with van der Waals surface area (Å²) in [6, 6.07) is 3.83. The number of carboxylic acids is 1. The minimum Gasteiger partial charge on any atom is -0.477 e. The van der Waals surface area contributed by atoms with Crippen molar-refractivity contribution in [3.05, 3.63) is 35.7 Å². The summed E-state index contributed by atoms with van der Waals surface area (Å²) in [6.45, 7) is 0. The van der Waals surface area contributed by atoms with Gasteiger partial charge in [-0.3, -0.25) is 14.5 Å². The standard InChI is InChI=1S/C15H15N5O5S/c1-25-19-10(7-3-2-4-9(16)17-7)12(21)18-11-13(22)20-8(15(23)24)5-6-26-14(11)20/h2-5,11,14H,6H2,1H3,(H2,16,17)(H,18,21)(H,23,24)/b19-10-/t11?,14-/m1/s1. The van der Waals surface area contributed by atoms with Crippen LogP contribution in [0.1, 0.15) is 5.69 Å². The molecule has 1 aromatic rings. The molecule has 26 heavy (non-hydrogen) atoms. The highest BCUT2D eigenvalue weighted by atomic mass is 32.2. The zero-order valence-corrected chi connectivity index (χ0v) is 14.4. The van der Waals surface area contributed by atoms with Crippen LogP contribution >= 0.6 is 11.8 Å². The Morgan fingerprint density at radius 1 is 1.50 bits per heavy atom. The van der Waals surface area contributed by atoms with E-state index in [1.807, 2.05) is 0 Å². The van der Waals surface area contributed by atoms with Gasteiger partial charge in [-0.1, -0.05) is 11.2 Å². The molecule has 0 radical (unpaired) electrons. The molecule has 2 atom stereocenters. The van der Waals surface area contributed by atoms with Crippen LogP contribution in [0.15, 0.2) is 35.1 Å². The summed E-state index contributed by atoms with van der Waals surface area (Å²) >= 11 is 1.36. The van der Waals surface area contributed by atoms with E-state index in [1.165, 1.54) is 31.0 Å². The average molecular weight is 377 g/mol. The Balaban J connectivity index is 1.77. The van der Waals surface area contributed by atoms with Crippen LogP contribution in [0.25, 0.3) is 0 Å². The van der Waals surface area contributed by atoms with Gasteiger partial charge in [0.15, 0.2) is 5.71 Å². The van der Waals surface area contributed by atoms with Crippen molar-refractivity contribution in [1.82, 2.24) is 15.2 Å². The topological polar surface area (TPSA) is 147 Å². The lowest BCUT2D eigenvalue weighted by Crippen LogP contribution is -2.70. The number of rotatable bonds is 5. The van der Waals surface area contributed by atoms with Crippen molar-refractivity contribution in [2.45, 2.75) is 11.4 Å². The van der Waals surface area contributed by atoms with Crippen LogP contribution in [0.2, 0.25) is 0 Å². The van der Waals surface area contributed by atoms with E-state index < -0.39 is 29.2 Å². The number of aliphatic carboxylic acids is 1. The SMILES string of the molecule is CO/N=C(\C(=O)NC1C(=O)N2C(C(=O)O)=CCS[C@H]12)c1cccc(N)n1. The van der Waals surface area contributed by atoms with E-state index in [-0.39, 0.29) is 22.9 Å². The van der Waals surface area contributed by atoms with Gasteiger partial charge in [-0.25, -0.2) is 9.78 Å². The van der Waals surface area contributed by atoms with Gasteiger partial charge in [-0.15, -0.1) is 11.8 Å². The lowest BCUT2D eigenvalue weighted by Gasteiger charge is -2.48. The number of anilines is 1. The van der Waals surface area contributed by atoms with E-state index in [0.717, 1.165) is 4.90 Å². The first-order valence-corrected chi connectivity index (χ1v) is 8.52. The van der Waals surface area contributed by atoms with Gasteiger partial charge >= 0.3 is 5.97 Å². The van der Waals surface area contributed by atoms with Crippen molar-refractivity contribution in [3.63, 3.8) is 0 Å². The second-order valence-corrected chi connectivity index (χ2v) is 6.50. The predicted octanol–water partition coefficient (Wildman–Crippen LogP) is -0.617. The molecule has 0 bridgehead atoms. The van der Waals surface area contributed by atoms with E-state index in [0.29, 0.717) is 5.75 Å². The maximum atomic E-state index is 12.6. The zero-order chi connectivity index (χ0) is 18.8. The molecule has 1 saturated heterocycles. The van der Waals surface area contributed by atoms with Crippen LogP contribution in [0.5, 0.6) is 0 Å². The number of amides is 2. The number of nitrogens with zero attached hydrogens (tertiary/aromatic N) is 3. The molecule has 0 aromatic carbocycles. The van der Waals surface area contributed by atoms with Crippen LogP contribution in [0.4, 0.5) is 5.82 Å². The zero-order valence-electron chi connectivity index (χ0n) is 13.6. The molecule has 1 unspecified atom stereocenters. The van der Waals surface area contributed by atoms with Crippen LogP contribution in [-0.2, 0) is 19.2 Å². The van der Waals surface area contributed by atoms with Gasteiger partial charge in [0.25, 0.3) is 11.8 Å². The molecule has 3 heterocycles. The molecule has 4 N–H and O–H groups in total. The predicted molar refractivity (Wildman–Crippen MR) is 92.9 cm³/mol. The Hall–Kier alpha value is -3.08. The number of carbonyl (C=O) groups is 3. The molecule has 2 amide bonds. The minimum atomic E-state index is -1.18. The van der Waals surface area contributed by atoms with Crippen LogP contribution in [0.3, 0.4) is 0 Å². The lowest BCUT2D eigenvalue weighted by molar-refractivity contribution is -0.150. The van der Waals surface area contributed by atoms with Crippen molar-refractivity contribution < 1.29 is 24.3 Å². The number of aromatic nitrogens is 1. The van der Waals surface area contributed by atoms with E-state index in [2.05, 4.69) is 15.5 Å². The van der Waals surface area contributed by atoms with Gasteiger partial charge in [0.1, 0.15) is 35.7 Å². The summed E-state index contributed by atoms with van der Waals surface area (Å²) in [6.07, 6.45) is 1.47. The maximum Gasteiger partial charge on any atom is 0.352 e. The van der Waals surface area contributed by atoms with E-state index in [4.69, 9.17) is 15.7 Å². The molecule has 2 aliphatic rings. The number of nitrogens with two attached hydrogens (primary N) is 1. The van der Waals surface area contributed by atoms with Crippen molar-refractivity contribution >= 4 is 41.1 Å². The highest BCUT2D eigenvalue weighted by molar-refractivity contribution is 8.00.